The van der Waals surface area contributed by atoms with Gasteiger partial charge in [-0.3, -0.25) is 15.2 Å². The van der Waals surface area contributed by atoms with E-state index in [0.717, 1.165) is 21.9 Å². The molecule has 45 heavy (non-hydrogen) atoms. The topological polar surface area (TPSA) is 167 Å². The lowest BCUT2D eigenvalue weighted by molar-refractivity contribution is -0.192. The van der Waals surface area contributed by atoms with Gasteiger partial charge in [0.25, 0.3) is 0 Å². The number of carboxylic acids is 1. The van der Waals surface area contributed by atoms with E-state index in [1.54, 1.807) is 54.6 Å². The summed E-state index contributed by atoms with van der Waals surface area (Å²) >= 11 is 1.48. The smallest absolute Gasteiger partial charge is 0.490 e. The minimum atomic E-state index is -5.08. The number of aliphatic carboxylic acids is 1. The molecule has 0 spiro atoms. The Balaban J connectivity index is 0.000000591. The average Bonchev–Trinajstić information content (AvgIpc) is 3.64. The molecule has 0 aliphatic carbocycles. The van der Waals surface area contributed by atoms with Crippen molar-refractivity contribution >= 4 is 49.8 Å². The predicted molar refractivity (Wildman–Crippen MR) is 160 cm³/mol. The highest BCUT2D eigenvalue weighted by Crippen LogP contribution is 2.31. The zero-order valence-corrected chi connectivity index (χ0v) is 25.3. The second kappa shape index (κ2) is 13.6. The molecule has 238 valence electrons. The number of benzene rings is 2. The van der Waals surface area contributed by atoms with Gasteiger partial charge in [0.05, 0.1) is 12.0 Å². The zero-order chi connectivity index (χ0) is 32.9. The third-order valence-corrected chi connectivity index (χ3v) is 9.46. The van der Waals surface area contributed by atoms with Crippen LogP contribution in [0.5, 0.6) is 5.75 Å². The van der Waals surface area contributed by atoms with Crippen molar-refractivity contribution in [3.05, 3.63) is 88.4 Å². The molecule has 0 radical (unpaired) electrons. The number of thiophene rings is 1. The van der Waals surface area contributed by atoms with E-state index < -0.39 is 28.2 Å². The van der Waals surface area contributed by atoms with Crippen LogP contribution in [0.4, 0.5) is 13.2 Å². The molecule has 4 aromatic rings. The molecule has 2 aromatic heterocycles. The van der Waals surface area contributed by atoms with Gasteiger partial charge in [0.1, 0.15) is 23.3 Å². The molecule has 1 aliphatic heterocycles. The number of nitrogens with zero attached hydrogens (tertiary/aromatic N) is 3. The van der Waals surface area contributed by atoms with Crippen LogP contribution in [0.3, 0.4) is 0 Å². The molecule has 5 rings (SSSR count). The number of rotatable bonds is 9. The maximum atomic E-state index is 14.1. The van der Waals surface area contributed by atoms with Crippen molar-refractivity contribution in [2.75, 3.05) is 13.7 Å². The highest BCUT2D eigenvalue weighted by molar-refractivity contribution is 7.89. The summed E-state index contributed by atoms with van der Waals surface area (Å²) in [6, 6.07) is 14.9. The molecule has 2 aromatic carbocycles. The SMILES string of the molecule is COc1ccc2ccc(S(=O)(=O)N(Cc3ccsc3)[C@H]3CCN(Cc4ccnc(C(=N)N)c4)C3=O)cc2c1.O=C(O)C(F)(F)F. The number of fused-ring (bicyclic) bond motifs is 1. The second-order valence-corrected chi connectivity index (χ2v) is 12.6. The number of ether oxygens (including phenoxy) is 1. The number of methoxy groups -OCH3 is 1. The van der Waals surface area contributed by atoms with Gasteiger partial charge in [-0.1, -0.05) is 12.1 Å². The van der Waals surface area contributed by atoms with Crippen molar-refractivity contribution in [3.63, 3.8) is 0 Å². The van der Waals surface area contributed by atoms with Crippen LogP contribution in [0.2, 0.25) is 0 Å². The lowest BCUT2D eigenvalue weighted by Crippen LogP contribution is -2.44. The number of nitrogens with two attached hydrogens (primary N) is 1. The van der Waals surface area contributed by atoms with Crippen molar-refractivity contribution in [3.8, 4) is 5.75 Å². The summed E-state index contributed by atoms with van der Waals surface area (Å²) in [6.45, 7) is 0.780. The van der Waals surface area contributed by atoms with Crippen molar-refractivity contribution in [1.82, 2.24) is 14.2 Å². The number of halogens is 3. The Bertz CT molecular complexity index is 1820. The van der Waals surface area contributed by atoms with Gasteiger partial charge < -0.3 is 20.5 Å². The highest BCUT2D eigenvalue weighted by atomic mass is 32.2. The molecule has 0 saturated carbocycles. The third-order valence-electron chi connectivity index (χ3n) is 6.88. The Labute approximate surface area is 260 Å². The Kier molecular flexibility index (Phi) is 10.1. The Morgan fingerprint density at radius 2 is 1.87 bits per heavy atom. The van der Waals surface area contributed by atoms with Gasteiger partial charge in [0.15, 0.2) is 0 Å². The lowest BCUT2D eigenvalue weighted by Gasteiger charge is -2.27. The van der Waals surface area contributed by atoms with E-state index in [1.165, 1.54) is 15.6 Å². The zero-order valence-electron chi connectivity index (χ0n) is 23.7. The first-order valence-electron chi connectivity index (χ1n) is 13.2. The summed E-state index contributed by atoms with van der Waals surface area (Å²) in [4.78, 5) is 28.3. The van der Waals surface area contributed by atoms with Crippen molar-refractivity contribution in [2.24, 2.45) is 5.73 Å². The summed E-state index contributed by atoms with van der Waals surface area (Å²) in [7, 11) is -2.46. The van der Waals surface area contributed by atoms with Gasteiger partial charge in [-0.05, 0) is 81.5 Å². The molecular weight excluding hydrogens is 635 g/mol. The summed E-state index contributed by atoms with van der Waals surface area (Å²) in [5.74, 6) is -2.54. The van der Waals surface area contributed by atoms with Crippen molar-refractivity contribution < 1.29 is 41.0 Å². The molecule has 16 heteroatoms. The van der Waals surface area contributed by atoms with Crippen LogP contribution in [0.1, 0.15) is 23.2 Å². The van der Waals surface area contributed by atoms with Gasteiger partial charge in [-0.2, -0.15) is 28.8 Å². The molecule has 1 aliphatic rings. The van der Waals surface area contributed by atoms with Crippen molar-refractivity contribution in [1.29, 1.82) is 5.41 Å². The van der Waals surface area contributed by atoms with Crippen LogP contribution >= 0.6 is 11.3 Å². The molecule has 1 saturated heterocycles. The highest BCUT2D eigenvalue weighted by Gasteiger charge is 2.42. The van der Waals surface area contributed by atoms with Crippen LogP contribution in [0.25, 0.3) is 10.8 Å². The maximum Gasteiger partial charge on any atom is 0.490 e. The van der Waals surface area contributed by atoms with Crippen LogP contribution in [0.15, 0.2) is 76.4 Å². The molecule has 1 atom stereocenters. The quantitative estimate of drug-likeness (QED) is 0.177. The number of aromatic nitrogens is 1. The number of nitrogens with one attached hydrogen (secondary N) is 1. The van der Waals surface area contributed by atoms with Crippen LogP contribution in [0, 0.1) is 5.41 Å². The number of pyridine rings is 1. The van der Waals surface area contributed by atoms with Gasteiger partial charge in [-0.25, -0.2) is 13.2 Å². The van der Waals surface area contributed by atoms with Crippen LogP contribution in [-0.2, 0) is 32.7 Å². The second-order valence-electron chi connectivity index (χ2n) is 9.89. The van der Waals surface area contributed by atoms with Crippen LogP contribution in [-0.4, -0.2) is 71.3 Å². The third kappa shape index (κ3) is 7.95. The number of carbonyl (C=O) groups excluding carboxylic acids is 1. The number of carboxylic acid groups (broad SMARTS) is 1. The lowest BCUT2D eigenvalue weighted by atomic mass is 10.1. The average molecular weight is 664 g/mol. The predicted octanol–water partition coefficient (Wildman–Crippen LogP) is 4.21. The number of likely N-dealkylation sites (tertiary alicyclic amines) is 1. The summed E-state index contributed by atoms with van der Waals surface area (Å²) < 4.78 is 66.5. The minimum Gasteiger partial charge on any atom is -0.497 e. The van der Waals surface area contributed by atoms with E-state index in [-0.39, 0.29) is 29.7 Å². The van der Waals surface area contributed by atoms with Crippen molar-refractivity contribution in [2.45, 2.75) is 36.6 Å². The van der Waals surface area contributed by atoms with Gasteiger partial charge in [-0.15, -0.1) is 0 Å². The normalized spacial score (nSPS) is 15.2. The Morgan fingerprint density at radius 1 is 1.16 bits per heavy atom. The Morgan fingerprint density at radius 3 is 2.49 bits per heavy atom. The molecule has 1 fully saturated rings. The maximum absolute atomic E-state index is 14.1. The van der Waals surface area contributed by atoms with Gasteiger partial charge in [0.2, 0.25) is 15.9 Å². The number of nitrogen functional groups attached to an aromatic ring is 1. The number of alkyl halides is 3. The number of carbonyl (C=O) groups is 2. The first kappa shape index (κ1) is 33.4. The fourth-order valence-electron chi connectivity index (χ4n) is 4.64. The number of sulfonamides is 1. The molecular formula is C29H28F3N5O6S2. The standard InChI is InChI=1S/C27H27N5O4S2.C2HF3O2/c1-36-22-4-2-20-3-5-23(14-21(20)13-22)38(34,35)32(16-19-8-11-37-17-19)25-7-10-31(27(25)33)15-18-6-9-30-24(12-18)26(28)29;3-2(4,5)1(6)7/h2-6,8-9,11-14,17,25H,7,10,15-16H2,1H3,(H3,28,29);(H,6,7)/t25-;/m0./s1. The molecule has 1 amide bonds. The fraction of sp³-hybridized carbons (Fsp3) is 0.241. The fourth-order valence-corrected chi connectivity index (χ4v) is 6.93. The number of hydrogen-bond acceptors (Lipinski definition) is 8. The summed E-state index contributed by atoms with van der Waals surface area (Å²) in [5, 5.41) is 20.1. The number of hydrogen-bond donors (Lipinski definition) is 3. The Hall–Kier alpha value is -4.54. The first-order chi connectivity index (χ1) is 21.2. The molecule has 4 N–H and O–H groups in total. The van der Waals surface area contributed by atoms with E-state index in [2.05, 4.69) is 4.98 Å². The van der Waals surface area contributed by atoms with Gasteiger partial charge in [0, 0.05) is 25.8 Å². The summed E-state index contributed by atoms with van der Waals surface area (Å²) in [6.07, 6.45) is -3.17. The number of amides is 1. The summed E-state index contributed by atoms with van der Waals surface area (Å²) in [5.41, 5.74) is 7.49. The molecule has 11 nitrogen and oxygen atoms in total. The van der Waals surface area contributed by atoms with E-state index in [0.29, 0.717) is 24.4 Å². The number of amidine groups is 1. The first-order valence-corrected chi connectivity index (χ1v) is 15.6. The van der Waals surface area contributed by atoms with E-state index >= 15 is 0 Å². The van der Waals surface area contributed by atoms with E-state index in [1.807, 2.05) is 29.0 Å². The monoisotopic (exact) mass is 663 g/mol. The molecule has 0 bridgehead atoms. The largest absolute Gasteiger partial charge is 0.497 e. The van der Waals surface area contributed by atoms with Crippen LogP contribution < -0.4 is 10.5 Å². The van der Waals surface area contributed by atoms with E-state index in [9.17, 15) is 26.4 Å². The molecule has 0 unspecified atom stereocenters. The minimum absolute atomic E-state index is 0.0932. The van der Waals surface area contributed by atoms with Gasteiger partial charge >= 0.3 is 12.1 Å². The molecule has 3 heterocycles. The van der Waals surface area contributed by atoms with E-state index in [4.69, 9.17) is 25.8 Å².